The van der Waals surface area contributed by atoms with Crippen molar-refractivity contribution in [3.05, 3.63) is 52.4 Å². The Morgan fingerprint density at radius 2 is 2.06 bits per heavy atom. The van der Waals surface area contributed by atoms with Crippen LogP contribution in [-0.4, -0.2) is 15.9 Å². The summed E-state index contributed by atoms with van der Waals surface area (Å²) in [4.78, 5) is 20.1. The first kappa shape index (κ1) is 12.5. The first-order valence-electron chi connectivity index (χ1n) is 5.43. The zero-order valence-corrected chi connectivity index (χ0v) is 10.8. The van der Waals surface area contributed by atoms with E-state index in [9.17, 15) is 4.79 Å². The van der Waals surface area contributed by atoms with Gasteiger partial charge in [0, 0.05) is 17.5 Å². The van der Waals surface area contributed by atoms with Crippen LogP contribution in [0.25, 0.3) is 0 Å². The minimum absolute atomic E-state index is 0.251. The van der Waals surface area contributed by atoms with Crippen LogP contribution in [0.5, 0.6) is 0 Å². The monoisotopic (exact) mass is 261 g/mol. The molecular weight excluding hydrogens is 250 g/mol. The first-order chi connectivity index (χ1) is 8.54. The van der Waals surface area contributed by atoms with Crippen molar-refractivity contribution >= 4 is 23.3 Å². The number of carbonyl (C=O) groups excluding carboxylic acids is 1. The molecule has 0 aliphatic rings. The van der Waals surface area contributed by atoms with Crippen LogP contribution in [0.1, 0.15) is 21.6 Å². The topological polar surface area (TPSA) is 54.9 Å². The van der Waals surface area contributed by atoms with Gasteiger partial charge in [-0.1, -0.05) is 17.7 Å². The summed E-state index contributed by atoms with van der Waals surface area (Å²) in [6.45, 7) is 3.72. The van der Waals surface area contributed by atoms with E-state index in [1.165, 1.54) is 6.07 Å². The normalized spacial score (nSPS) is 10.2. The molecule has 0 spiro atoms. The van der Waals surface area contributed by atoms with Crippen LogP contribution in [0.15, 0.2) is 30.5 Å². The van der Waals surface area contributed by atoms with E-state index in [0.717, 1.165) is 5.56 Å². The molecule has 2 aromatic rings. The average molecular weight is 262 g/mol. The number of rotatable bonds is 2. The second kappa shape index (κ2) is 5.14. The summed E-state index contributed by atoms with van der Waals surface area (Å²) in [5, 5.41) is 3.01. The van der Waals surface area contributed by atoms with E-state index in [4.69, 9.17) is 11.6 Å². The number of nitrogens with one attached hydrogen (secondary N) is 1. The second-order valence-electron chi connectivity index (χ2n) is 3.99. The van der Waals surface area contributed by atoms with Crippen molar-refractivity contribution < 1.29 is 4.79 Å². The van der Waals surface area contributed by atoms with Crippen molar-refractivity contribution in [2.75, 3.05) is 5.32 Å². The van der Waals surface area contributed by atoms with Gasteiger partial charge in [-0.2, -0.15) is 0 Å². The number of carbonyl (C=O) groups is 1. The summed E-state index contributed by atoms with van der Waals surface area (Å²) < 4.78 is 0. The standard InChI is InChI=1S/C13H12ClN3O/c1-8-3-4-12(15-7-8)17-13(18)10-5-9(2)16-11(14)6-10/h3-7H,1-2H3,(H,15,17,18). The number of pyridine rings is 2. The smallest absolute Gasteiger partial charge is 0.256 e. The van der Waals surface area contributed by atoms with Crippen LogP contribution >= 0.6 is 11.6 Å². The highest BCUT2D eigenvalue weighted by molar-refractivity contribution is 6.29. The van der Waals surface area contributed by atoms with Gasteiger partial charge in [0.2, 0.25) is 0 Å². The molecule has 0 bridgehead atoms. The number of hydrogen-bond donors (Lipinski definition) is 1. The highest BCUT2D eigenvalue weighted by atomic mass is 35.5. The molecule has 0 atom stereocenters. The SMILES string of the molecule is Cc1ccc(NC(=O)c2cc(C)nc(Cl)c2)nc1. The zero-order valence-electron chi connectivity index (χ0n) is 10.1. The van der Waals surface area contributed by atoms with Crippen molar-refractivity contribution in [3.63, 3.8) is 0 Å². The maximum absolute atomic E-state index is 12.0. The molecule has 2 heterocycles. The maximum atomic E-state index is 12.0. The molecule has 0 aromatic carbocycles. The molecule has 5 heteroatoms. The number of aryl methyl sites for hydroxylation is 2. The molecule has 0 fully saturated rings. The highest BCUT2D eigenvalue weighted by Gasteiger charge is 2.08. The molecule has 0 unspecified atom stereocenters. The van der Waals surface area contributed by atoms with Gasteiger partial charge in [0.05, 0.1) is 0 Å². The molecular formula is C13H12ClN3O. The third-order valence-corrected chi connectivity index (χ3v) is 2.53. The fraction of sp³-hybridized carbons (Fsp3) is 0.154. The summed E-state index contributed by atoms with van der Waals surface area (Å²) in [6.07, 6.45) is 1.69. The number of nitrogens with zero attached hydrogens (tertiary/aromatic N) is 2. The van der Waals surface area contributed by atoms with E-state index < -0.39 is 0 Å². The Morgan fingerprint density at radius 1 is 1.28 bits per heavy atom. The van der Waals surface area contributed by atoms with E-state index in [-0.39, 0.29) is 5.91 Å². The van der Waals surface area contributed by atoms with E-state index >= 15 is 0 Å². The third-order valence-electron chi connectivity index (χ3n) is 2.34. The minimum atomic E-state index is -0.251. The number of amides is 1. The second-order valence-corrected chi connectivity index (χ2v) is 4.38. The van der Waals surface area contributed by atoms with Crippen molar-refractivity contribution in [1.82, 2.24) is 9.97 Å². The number of halogens is 1. The molecule has 0 saturated carbocycles. The Hall–Kier alpha value is -1.94. The van der Waals surface area contributed by atoms with Gasteiger partial charge in [-0.15, -0.1) is 0 Å². The van der Waals surface area contributed by atoms with Gasteiger partial charge in [-0.25, -0.2) is 9.97 Å². The number of anilines is 1. The Kier molecular flexibility index (Phi) is 3.58. The number of aromatic nitrogens is 2. The summed E-state index contributed by atoms with van der Waals surface area (Å²) in [5.41, 5.74) is 2.20. The minimum Gasteiger partial charge on any atom is -0.307 e. The lowest BCUT2D eigenvalue weighted by molar-refractivity contribution is 0.102. The molecule has 4 nitrogen and oxygen atoms in total. The van der Waals surface area contributed by atoms with Crippen molar-refractivity contribution in [2.24, 2.45) is 0 Å². The van der Waals surface area contributed by atoms with Crippen LogP contribution in [0.2, 0.25) is 5.15 Å². The van der Waals surface area contributed by atoms with Crippen LogP contribution in [-0.2, 0) is 0 Å². The molecule has 1 N–H and O–H groups in total. The van der Waals surface area contributed by atoms with Gasteiger partial charge in [0.15, 0.2) is 0 Å². The van der Waals surface area contributed by atoms with Gasteiger partial charge >= 0.3 is 0 Å². The van der Waals surface area contributed by atoms with Crippen molar-refractivity contribution in [3.8, 4) is 0 Å². The molecule has 0 aliphatic heterocycles. The molecule has 2 aromatic heterocycles. The number of hydrogen-bond acceptors (Lipinski definition) is 3. The van der Waals surface area contributed by atoms with Gasteiger partial charge < -0.3 is 5.32 Å². The Balaban J connectivity index is 2.19. The van der Waals surface area contributed by atoms with Crippen LogP contribution < -0.4 is 5.32 Å². The summed E-state index contributed by atoms with van der Waals surface area (Å²) in [6, 6.07) is 6.84. The Bertz CT molecular complexity index is 561. The van der Waals surface area contributed by atoms with Gasteiger partial charge in [-0.3, -0.25) is 4.79 Å². The summed E-state index contributed by atoms with van der Waals surface area (Å²) in [5.74, 6) is 0.259. The van der Waals surface area contributed by atoms with E-state index in [2.05, 4.69) is 15.3 Å². The summed E-state index contributed by atoms with van der Waals surface area (Å²) >= 11 is 5.81. The molecule has 18 heavy (non-hydrogen) atoms. The highest BCUT2D eigenvalue weighted by Crippen LogP contribution is 2.12. The quantitative estimate of drug-likeness (QED) is 0.846. The molecule has 0 saturated heterocycles. The van der Waals surface area contributed by atoms with Crippen molar-refractivity contribution in [1.29, 1.82) is 0 Å². The molecule has 0 aliphatic carbocycles. The van der Waals surface area contributed by atoms with E-state index in [1.807, 2.05) is 13.0 Å². The Labute approximate surface area is 110 Å². The van der Waals surface area contributed by atoms with Gasteiger partial charge in [0.1, 0.15) is 11.0 Å². The molecule has 92 valence electrons. The molecule has 1 amide bonds. The molecule has 2 rings (SSSR count). The average Bonchev–Trinajstić information content (AvgIpc) is 2.31. The third kappa shape index (κ3) is 3.05. The van der Waals surface area contributed by atoms with Crippen LogP contribution in [0.4, 0.5) is 5.82 Å². The molecule has 0 radical (unpaired) electrons. The fourth-order valence-electron chi connectivity index (χ4n) is 1.49. The summed E-state index contributed by atoms with van der Waals surface area (Å²) in [7, 11) is 0. The predicted octanol–water partition coefficient (Wildman–Crippen LogP) is 3.00. The lowest BCUT2D eigenvalue weighted by atomic mass is 10.2. The first-order valence-corrected chi connectivity index (χ1v) is 5.80. The lowest BCUT2D eigenvalue weighted by Crippen LogP contribution is -2.13. The maximum Gasteiger partial charge on any atom is 0.256 e. The fourth-order valence-corrected chi connectivity index (χ4v) is 1.74. The van der Waals surface area contributed by atoms with E-state index in [1.54, 1.807) is 25.3 Å². The van der Waals surface area contributed by atoms with Crippen LogP contribution in [0, 0.1) is 13.8 Å². The van der Waals surface area contributed by atoms with Crippen LogP contribution in [0.3, 0.4) is 0 Å². The van der Waals surface area contributed by atoms with Gasteiger partial charge in [0.25, 0.3) is 5.91 Å². The predicted molar refractivity (Wildman–Crippen MR) is 70.9 cm³/mol. The van der Waals surface area contributed by atoms with Gasteiger partial charge in [-0.05, 0) is 37.6 Å². The largest absolute Gasteiger partial charge is 0.307 e. The Morgan fingerprint density at radius 3 is 2.67 bits per heavy atom. The lowest BCUT2D eigenvalue weighted by Gasteiger charge is -2.05. The van der Waals surface area contributed by atoms with Crippen molar-refractivity contribution in [2.45, 2.75) is 13.8 Å². The zero-order chi connectivity index (χ0) is 13.1. The van der Waals surface area contributed by atoms with E-state index in [0.29, 0.717) is 22.2 Å².